The van der Waals surface area contributed by atoms with E-state index < -0.39 is 5.41 Å². The van der Waals surface area contributed by atoms with Crippen LogP contribution in [0.5, 0.6) is 5.75 Å². The molecule has 7 nitrogen and oxygen atoms in total. The Hall–Kier alpha value is -2.25. The minimum Gasteiger partial charge on any atom is -0.425 e. The quantitative estimate of drug-likeness (QED) is 0.375. The second-order valence-corrected chi connectivity index (χ2v) is 10.8. The number of benzene rings is 1. The Bertz CT molecular complexity index is 948. The molecule has 1 saturated heterocycles. The van der Waals surface area contributed by atoms with E-state index in [1.54, 1.807) is 18.2 Å². The minimum atomic E-state index is -0.402. The molecule has 0 radical (unpaired) electrons. The van der Waals surface area contributed by atoms with Gasteiger partial charge in [-0.1, -0.05) is 6.07 Å². The summed E-state index contributed by atoms with van der Waals surface area (Å²) in [6, 6.07) is 5.04. The van der Waals surface area contributed by atoms with E-state index in [1.165, 1.54) is 24.2 Å². The second-order valence-electron chi connectivity index (χ2n) is 10.8. The molecule has 2 amide bonds. The van der Waals surface area contributed by atoms with E-state index in [0.29, 0.717) is 36.3 Å². The summed E-state index contributed by atoms with van der Waals surface area (Å²) >= 11 is 0. The topological polar surface area (TPSA) is 76.2 Å². The van der Waals surface area contributed by atoms with Crippen LogP contribution in [-0.2, 0) is 9.53 Å². The highest BCUT2D eigenvalue weighted by Crippen LogP contribution is 2.60. The molecule has 7 rings (SSSR count). The largest absolute Gasteiger partial charge is 0.425 e. The number of imide groups is 1. The van der Waals surface area contributed by atoms with Gasteiger partial charge in [0.2, 0.25) is 0 Å². The molecule has 4 saturated carbocycles. The number of esters is 1. The van der Waals surface area contributed by atoms with Gasteiger partial charge in [0.15, 0.2) is 0 Å². The third-order valence-electron chi connectivity index (χ3n) is 8.59. The van der Waals surface area contributed by atoms with Crippen molar-refractivity contribution in [3.63, 3.8) is 0 Å². The van der Waals surface area contributed by atoms with Gasteiger partial charge in [0.25, 0.3) is 11.8 Å². The van der Waals surface area contributed by atoms with Crippen molar-refractivity contribution < 1.29 is 23.9 Å². The maximum atomic E-state index is 13.4. The first-order valence-corrected chi connectivity index (χ1v) is 12.5. The number of morpholine rings is 1. The fourth-order valence-electron chi connectivity index (χ4n) is 7.44. The predicted octanol–water partition coefficient (Wildman–Crippen LogP) is 3.13. The normalized spacial score (nSPS) is 33.0. The Labute approximate surface area is 194 Å². The lowest BCUT2D eigenvalue weighted by Gasteiger charge is -2.55. The molecule has 1 aromatic rings. The highest BCUT2D eigenvalue weighted by atomic mass is 16.5. The Balaban J connectivity index is 1.16. The van der Waals surface area contributed by atoms with Gasteiger partial charge in [-0.25, -0.2) is 0 Å². The predicted molar refractivity (Wildman–Crippen MR) is 120 cm³/mol. The molecule has 1 aromatic carbocycles. The molecule has 4 bridgehead atoms. The van der Waals surface area contributed by atoms with E-state index in [2.05, 4.69) is 4.90 Å². The van der Waals surface area contributed by atoms with E-state index >= 15 is 0 Å². The van der Waals surface area contributed by atoms with Crippen LogP contribution in [0.3, 0.4) is 0 Å². The summed E-state index contributed by atoms with van der Waals surface area (Å²) in [5.41, 5.74) is 0.204. The maximum absolute atomic E-state index is 13.4. The zero-order valence-electron chi connectivity index (χ0n) is 19.1. The average molecular weight is 453 g/mol. The Morgan fingerprint density at radius 2 is 1.64 bits per heavy atom. The summed E-state index contributed by atoms with van der Waals surface area (Å²) in [4.78, 5) is 43.2. The molecule has 176 valence electrons. The third kappa shape index (κ3) is 3.69. The van der Waals surface area contributed by atoms with Gasteiger partial charge in [0.1, 0.15) is 5.75 Å². The number of fused-ring (bicyclic) bond motifs is 1. The van der Waals surface area contributed by atoms with Crippen LogP contribution >= 0.6 is 0 Å². The molecule has 2 aliphatic heterocycles. The van der Waals surface area contributed by atoms with Crippen molar-refractivity contribution >= 4 is 17.8 Å². The summed E-state index contributed by atoms with van der Waals surface area (Å²) in [6.45, 7) is 4.41. The lowest BCUT2D eigenvalue weighted by atomic mass is 9.49. The fourth-order valence-corrected chi connectivity index (χ4v) is 7.44. The van der Waals surface area contributed by atoms with Gasteiger partial charge in [-0.15, -0.1) is 0 Å². The summed E-state index contributed by atoms with van der Waals surface area (Å²) in [5.74, 6) is 1.33. The second kappa shape index (κ2) is 8.20. The van der Waals surface area contributed by atoms with Crippen LogP contribution in [0.15, 0.2) is 18.2 Å². The van der Waals surface area contributed by atoms with E-state index in [-0.39, 0.29) is 29.1 Å². The van der Waals surface area contributed by atoms with Crippen molar-refractivity contribution in [1.29, 1.82) is 0 Å². The van der Waals surface area contributed by atoms with Crippen molar-refractivity contribution in [1.82, 2.24) is 9.80 Å². The zero-order chi connectivity index (χ0) is 22.6. The highest BCUT2D eigenvalue weighted by Gasteiger charge is 2.56. The number of rotatable bonds is 6. The Morgan fingerprint density at radius 3 is 2.30 bits per heavy atom. The molecule has 0 spiro atoms. The monoisotopic (exact) mass is 452 g/mol. The summed E-state index contributed by atoms with van der Waals surface area (Å²) in [6.07, 6.45) is 7.20. The fraction of sp³-hybridized carbons (Fsp3) is 0.654. The number of nitrogens with zero attached hydrogens (tertiary/aromatic N) is 2. The molecule has 4 aliphatic carbocycles. The molecular weight excluding hydrogens is 420 g/mol. The molecule has 0 unspecified atom stereocenters. The third-order valence-corrected chi connectivity index (χ3v) is 8.59. The van der Waals surface area contributed by atoms with Crippen LogP contribution in [0.25, 0.3) is 0 Å². The first-order valence-electron chi connectivity index (χ1n) is 12.5. The molecule has 2 heterocycles. The smallest absolute Gasteiger partial charge is 0.317 e. The molecule has 0 aromatic heterocycles. The van der Waals surface area contributed by atoms with Crippen LogP contribution in [0, 0.1) is 23.2 Å². The van der Waals surface area contributed by atoms with Gasteiger partial charge in [-0.05, 0) is 74.8 Å². The summed E-state index contributed by atoms with van der Waals surface area (Å²) in [5, 5.41) is 0. The van der Waals surface area contributed by atoms with Crippen LogP contribution in [0.1, 0.15) is 65.7 Å². The zero-order valence-corrected chi connectivity index (χ0v) is 19.1. The molecule has 7 heteroatoms. The van der Waals surface area contributed by atoms with Crippen LogP contribution in [0.4, 0.5) is 0 Å². The molecule has 33 heavy (non-hydrogen) atoms. The molecule has 6 aliphatic rings. The van der Waals surface area contributed by atoms with Crippen LogP contribution in [0.2, 0.25) is 0 Å². The number of hydrogen-bond donors (Lipinski definition) is 0. The highest BCUT2D eigenvalue weighted by molar-refractivity contribution is 6.22. The van der Waals surface area contributed by atoms with Crippen molar-refractivity contribution in [2.24, 2.45) is 23.2 Å². The first-order chi connectivity index (χ1) is 16.0. The number of carbonyl (C=O) groups excluding carboxylic acids is 3. The Kier molecular flexibility index (Phi) is 5.29. The van der Waals surface area contributed by atoms with E-state index in [0.717, 1.165) is 52.1 Å². The van der Waals surface area contributed by atoms with Crippen molar-refractivity contribution in [2.75, 3.05) is 39.4 Å². The minimum absolute atomic E-state index is 0.194. The van der Waals surface area contributed by atoms with Crippen molar-refractivity contribution in [2.45, 2.75) is 44.9 Å². The van der Waals surface area contributed by atoms with Gasteiger partial charge in [-0.2, -0.15) is 0 Å². The molecule has 5 fully saturated rings. The molecule has 0 atom stereocenters. The van der Waals surface area contributed by atoms with E-state index in [1.807, 2.05) is 0 Å². The summed E-state index contributed by atoms with van der Waals surface area (Å²) in [7, 11) is 0. The first kappa shape index (κ1) is 21.3. The van der Waals surface area contributed by atoms with Gasteiger partial charge in [0, 0.05) is 26.2 Å². The average Bonchev–Trinajstić information content (AvgIpc) is 3.04. The van der Waals surface area contributed by atoms with Crippen LogP contribution < -0.4 is 4.74 Å². The van der Waals surface area contributed by atoms with Gasteiger partial charge >= 0.3 is 5.97 Å². The van der Waals surface area contributed by atoms with Crippen molar-refractivity contribution in [3.05, 3.63) is 29.3 Å². The Morgan fingerprint density at radius 1 is 0.970 bits per heavy atom. The molecular formula is C26H32N2O5. The standard InChI is InChI=1S/C26H32N2O5/c29-23-20-3-1-4-21(22(20)24(30)28(23)6-2-5-27-7-9-32-10-8-27)33-25(31)26-14-17-11-18(15-26)13-19(12-17)16-26/h1,3-4,17-19H,2,5-16H2. The number of amides is 2. The van der Waals surface area contributed by atoms with Crippen LogP contribution in [-0.4, -0.2) is 67.0 Å². The SMILES string of the molecule is O=C1c2cccc(OC(=O)C34CC5CC(CC(C5)C3)C4)c2C(=O)N1CCCN1CCOCC1. The van der Waals surface area contributed by atoms with E-state index in [9.17, 15) is 14.4 Å². The van der Waals surface area contributed by atoms with Gasteiger partial charge in [0.05, 0.1) is 29.8 Å². The lowest BCUT2D eigenvalue weighted by molar-refractivity contribution is -0.161. The molecule has 0 N–H and O–H groups in total. The number of hydrogen-bond acceptors (Lipinski definition) is 6. The van der Waals surface area contributed by atoms with Gasteiger partial charge < -0.3 is 9.47 Å². The van der Waals surface area contributed by atoms with E-state index in [4.69, 9.17) is 9.47 Å². The number of carbonyl (C=O) groups is 3. The number of ether oxygens (including phenoxy) is 2. The summed E-state index contributed by atoms with van der Waals surface area (Å²) < 4.78 is 11.3. The van der Waals surface area contributed by atoms with Gasteiger partial charge in [-0.3, -0.25) is 24.2 Å². The maximum Gasteiger partial charge on any atom is 0.317 e. The van der Waals surface area contributed by atoms with Crippen molar-refractivity contribution in [3.8, 4) is 5.75 Å². The lowest BCUT2D eigenvalue weighted by Crippen LogP contribution is -2.51.